The lowest BCUT2D eigenvalue weighted by Crippen LogP contribution is -2.51. The average Bonchev–Trinajstić information content (AvgIpc) is 2.34. The molecule has 3 nitrogen and oxygen atoms in total. The third-order valence-corrected chi connectivity index (χ3v) is 3.06. The van der Waals surface area contributed by atoms with E-state index in [2.05, 4.69) is 5.32 Å². The molecule has 5 heteroatoms. The van der Waals surface area contributed by atoms with Gasteiger partial charge in [-0.15, -0.1) is 0 Å². The van der Waals surface area contributed by atoms with Crippen LogP contribution < -0.4 is 5.32 Å². The van der Waals surface area contributed by atoms with Gasteiger partial charge in [0.15, 0.2) is 11.6 Å². The topological polar surface area (TPSA) is 32.3 Å². The second kappa shape index (κ2) is 5.44. The number of rotatable bonds is 2. The van der Waals surface area contributed by atoms with Gasteiger partial charge in [0.2, 0.25) is 5.91 Å². The third kappa shape index (κ3) is 3.04. The number of nitrogens with one attached hydrogen (secondary N) is 1. The predicted octanol–water partition coefficient (Wildman–Crippen LogP) is 1.33. The molecule has 2 rings (SSSR count). The molecule has 1 aromatic rings. The van der Waals surface area contributed by atoms with E-state index in [0.717, 1.165) is 18.7 Å². The van der Waals surface area contributed by atoms with Gasteiger partial charge in [-0.3, -0.25) is 4.79 Å². The van der Waals surface area contributed by atoms with E-state index in [1.807, 2.05) is 6.92 Å². The van der Waals surface area contributed by atoms with Gasteiger partial charge in [0, 0.05) is 25.7 Å². The highest BCUT2D eigenvalue weighted by Gasteiger charge is 2.20. The number of nitrogens with zero attached hydrogens (tertiary/aromatic N) is 1. The molecule has 0 aliphatic carbocycles. The molecule has 1 heterocycles. The highest BCUT2D eigenvalue weighted by atomic mass is 19.2. The summed E-state index contributed by atoms with van der Waals surface area (Å²) in [6.45, 7) is 4.09. The lowest BCUT2D eigenvalue weighted by molar-refractivity contribution is -0.131. The molecule has 0 unspecified atom stereocenters. The second-order valence-corrected chi connectivity index (χ2v) is 4.62. The number of carbonyl (C=O) groups is 1. The summed E-state index contributed by atoms with van der Waals surface area (Å²) < 4.78 is 25.8. The van der Waals surface area contributed by atoms with Gasteiger partial charge in [-0.25, -0.2) is 8.78 Å². The lowest BCUT2D eigenvalue weighted by atomic mass is 10.1. The molecule has 0 spiro atoms. The van der Waals surface area contributed by atoms with E-state index in [-0.39, 0.29) is 18.4 Å². The fraction of sp³-hybridized carbons (Fsp3) is 0.462. The van der Waals surface area contributed by atoms with Crippen LogP contribution in [0.25, 0.3) is 0 Å². The number of hydrogen-bond acceptors (Lipinski definition) is 2. The van der Waals surface area contributed by atoms with Crippen molar-refractivity contribution in [3.63, 3.8) is 0 Å². The Kier molecular flexibility index (Phi) is 3.91. The van der Waals surface area contributed by atoms with Crippen molar-refractivity contribution in [1.82, 2.24) is 10.2 Å². The smallest absolute Gasteiger partial charge is 0.227 e. The van der Waals surface area contributed by atoms with Gasteiger partial charge in [0.1, 0.15) is 0 Å². The predicted molar refractivity (Wildman–Crippen MR) is 64.1 cm³/mol. The molecule has 1 amide bonds. The van der Waals surface area contributed by atoms with Crippen molar-refractivity contribution < 1.29 is 13.6 Å². The third-order valence-electron chi connectivity index (χ3n) is 3.06. The monoisotopic (exact) mass is 254 g/mol. The standard InChI is InChI=1S/C13H16F2N2O/c1-9-8-17(5-4-16-9)13(18)7-10-2-3-11(14)12(15)6-10/h2-3,6,9,16H,4-5,7-8H2,1H3/t9-/m0/s1. The SMILES string of the molecule is C[C@H]1CN(C(=O)Cc2ccc(F)c(F)c2)CCN1. The second-order valence-electron chi connectivity index (χ2n) is 4.62. The van der Waals surface area contributed by atoms with E-state index in [0.29, 0.717) is 18.7 Å². The van der Waals surface area contributed by atoms with E-state index in [1.165, 1.54) is 6.07 Å². The molecule has 1 atom stereocenters. The van der Waals surface area contributed by atoms with Crippen LogP contribution in [0.5, 0.6) is 0 Å². The van der Waals surface area contributed by atoms with Crippen molar-refractivity contribution >= 4 is 5.91 Å². The maximum absolute atomic E-state index is 13.0. The van der Waals surface area contributed by atoms with E-state index < -0.39 is 11.6 Å². The molecule has 0 radical (unpaired) electrons. The molecular weight excluding hydrogens is 238 g/mol. The summed E-state index contributed by atoms with van der Waals surface area (Å²) in [5, 5.41) is 3.24. The van der Waals surface area contributed by atoms with E-state index in [1.54, 1.807) is 4.90 Å². The zero-order valence-electron chi connectivity index (χ0n) is 10.2. The number of piperazine rings is 1. The molecule has 1 fully saturated rings. The Labute approximate surface area is 105 Å². The first-order valence-electron chi connectivity index (χ1n) is 6.01. The minimum Gasteiger partial charge on any atom is -0.340 e. The Morgan fingerprint density at radius 1 is 1.44 bits per heavy atom. The molecule has 0 aromatic heterocycles. The van der Waals surface area contributed by atoms with Gasteiger partial charge in [0.25, 0.3) is 0 Å². The average molecular weight is 254 g/mol. The maximum atomic E-state index is 13.0. The zero-order chi connectivity index (χ0) is 13.1. The Morgan fingerprint density at radius 3 is 2.89 bits per heavy atom. The van der Waals surface area contributed by atoms with Crippen molar-refractivity contribution in [2.75, 3.05) is 19.6 Å². The van der Waals surface area contributed by atoms with Crippen LogP contribution in [0.4, 0.5) is 8.78 Å². The van der Waals surface area contributed by atoms with Crippen LogP contribution in [-0.2, 0) is 11.2 Å². The van der Waals surface area contributed by atoms with Crippen molar-refractivity contribution in [2.45, 2.75) is 19.4 Å². The summed E-state index contributed by atoms with van der Waals surface area (Å²) in [7, 11) is 0. The Hall–Kier alpha value is -1.49. The summed E-state index contributed by atoms with van der Waals surface area (Å²) >= 11 is 0. The fourth-order valence-corrected chi connectivity index (χ4v) is 2.09. The zero-order valence-corrected chi connectivity index (χ0v) is 10.2. The van der Waals surface area contributed by atoms with Crippen molar-refractivity contribution in [3.8, 4) is 0 Å². The summed E-state index contributed by atoms with van der Waals surface area (Å²) in [4.78, 5) is 13.7. The van der Waals surface area contributed by atoms with Gasteiger partial charge in [-0.05, 0) is 24.6 Å². The number of hydrogen-bond donors (Lipinski definition) is 1. The molecule has 1 aliphatic heterocycles. The molecule has 98 valence electrons. The quantitative estimate of drug-likeness (QED) is 0.863. The minimum absolute atomic E-state index is 0.0469. The number of benzene rings is 1. The van der Waals surface area contributed by atoms with E-state index in [9.17, 15) is 13.6 Å². The van der Waals surface area contributed by atoms with Gasteiger partial charge in [0.05, 0.1) is 6.42 Å². The van der Waals surface area contributed by atoms with Crippen LogP contribution in [0.15, 0.2) is 18.2 Å². The van der Waals surface area contributed by atoms with Crippen LogP contribution in [0.3, 0.4) is 0 Å². The first-order chi connectivity index (χ1) is 8.56. The molecule has 0 saturated carbocycles. The van der Waals surface area contributed by atoms with Gasteiger partial charge in [-0.2, -0.15) is 0 Å². The minimum atomic E-state index is -0.908. The van der Waals surface area contributed by atoms with Crippen LogP contribution in [0, 0.1) is 11.6 Å². The summed E-state index contributed by atoms with van der Waals surface area (Å²) in [5.74, 6) is -1.84. The number of amides is 1. The lowest BCUT2D eigenvalue weighted by Gasteiger charge is -2.32. The van der Waals surface area contributed by atoms with Crippen molar-refractivity contribution in [3.05, 3.63) is 35.4 Å². The Balaban J connectivity index is 2.00. The van der Waals surface area contributed by atoms with Gasteiger partial charge >= 0.3 is 0 Å². The van der Waals surface area contributed by atoms with Crippen LogP contribution in [0.1, 0.15) is 12.5 Å². The van der Waals surface area contributed by atoms with Crippen molar-refractivity contribution in [1.29, 1.82) is 0 Å². The molecule has 1 aliphatic rings. The van der Waals surface area contributed by atoms with Crippen LogP contribution in [-0.4, -0.2) is 36.5 Å². The maximum Gasteiger partial charge on any atom is 0.227 e. The van der Waals surface area contributed by atoms with E-state index in [4.69, 9.17) is 0 Å². The Bertz CT molecular complexity index is 451. The Morgan fingerprint density at radius 2 is 2.22 bits per heavy atom. The molecule has 1 saturated heterocycles. The highest BCUT2D eigenvalue weighted by molar-refractivity contribution is 5.78. The largest absolute Gasteiger partial charge is 0.340 e. The molecule has 0 bridgehead atoms. The summed E-state index contributed by atoms with van der Waals surface area (Å²) in [5.41, 5.74) is 0.505. The van der Waals surface area contributed by atoms with Gasteiger partial charge in [-0.1, -0.05) is 6.07 Å². The molecular formula is C13H16F2N2O. The summed E-state index contributed by atoms with van der Waals surface area (Å²) in [6, 6.07) is 3.85. The summed E-state index contributed by atoms with van der Waals surface area (Å²) in [6.07, 6.45) is 0.115. The van der Waals surface area contributed by atoms with E-state index >= 15 is 0 Å². The van der Waals surface area contributed by atoms with Crippen LogP contribution >= 0.6 is 0 Å². The van der Waals surface area contributed by atoms with Crippen molar-refractivity contribution in [2.24, 2.45) is 0 Å². The fourth-order valence-electron chi connectivity index (χ4n) is 2.09. The molecule has 1 N–H and O–H groups in total. The number of carbonyl (C=O) groups excluding carboxylic acids is 1. The normalized spacial score (nSPS) is 19.9. The first-order valence-corrected chi connectivity index (χ1v) is 6.01. The van der Waals surface area contributed by atoms with Crippen LogP contribution in [0.2, 0.25) is 0 Å². The number of halogens is 2. The molecule has 1 aromatic carbocycles. The highest BCUT2D eigenvalue weighted by Crippen LogP contribution is 2.11. The molecule has 18 heavy (non-hydrogen) atoms. The van der Waals surface area contributed by atoms with Gasteiger partial charge < -0.3 is 10.2 Å². The first kappa shape index (κ1) is 13.0.